The Morgan fingerprint density at radius 2 is 2.00 bits per heavy atom. The van der Waals surface area contributed by atoms with Crippen molar-refractivity contribution in [3.8, 4) is 0 Å². The second-order valence-electron chi connectivity index (χ2n) is 6.47. The van der Waals surface area contributed by atoms with Crippen LogP contribution in [0.4, 0.5) is 10.6 Å². The van der Waals surface area contributed by atoms with E-state index in [1.807, 2.05) is 30.3 Å². The number of aromatic nitrogens is 4. The van der Waals surface area contributed by atoms with E-state index in [4.69, 9.17) is 4.74 Å². The number of ether oxygens (including phenoxy) is 1. The van der Waals surface area contributed by atoms with Gasteiger partial charge in [0.2, 0.25) is 0 Å². The number of carbonyl (C=O) groups is 1. The van der Waals surface area contributed by atoms with Crippen molar-refractivity contribution in [2.75, 3.05) is 25.0 Å². The predicted molar refractivity (Wildman–Crippen MR) is 99.9 cm³/mol. The summed E-state index contributed by atoms with van der Waals surface area (Å²) >= 11 is 0. The number of fused-ring (bicyclic) bond motifs is 1. The van der Waals surface area contributed by atoms with Crippen LogP contribution in [0.1, 0.15) is 12.0 Å². The molecule has 0 spiro atoms. The first-order valence-electron chi connectivity index (χ1n) is 8.91. The Kier molecular flexibility index (Phi) is 5.04. The molecule has 1 fully saturated rings. The number of rotatable bonds is 5. The molecule has 1 aliphatic heterocycles. The van der Waals surface area contributed by atoms with Crippen LogP contribution in [-0.2, 0) is 11.3 Å². The van der Waals surface area contributed by atoms with Gasteiger partial charge in [-0.2, -0.15) is 0 Å². The van der Waals surface area contributed by atoms with Crippen LogP contribution >= 0.6 is 0 Å². The molecule has 0 saturated carbocycles. The Bertz CT molecular complexity index is 915. The van der Waals surface area contributed by atoms with Gasteiger partial charge in [-0.1, -0.05) is 30.3 Å². The second kappa shape index (κ2) is 7.94. The number of nitrogens with zero attached hydrogens (tertiary/aromatic N) is 5. The van der Waals surface area contributed by atoms with Crippen molar-refractivity contribution in [2.45, 2.75) is 13.0 Å². The van der Waals surface area contributed by atoms with Crippen LogP contribution in [0.2, 0.25) is 0 Å². The van der Waals surface area contributed by atoms with Crippen molar-refractivity contribution in [1.82, 2.24) is 24.8 Å². The molecule has 8 nitrogen and oxygen atoms in total. The molecule has 2 aromatic heterocycles. The molecular weight excluding hydrogens is 344 g/mol. The molecule has 3 aromatic rings. The minimum atomic E-state index is -0.264. The Hall–Kier alpha value is -3.29. The SMILES string of the molecule is O=C(OCc1ccccc1)N1CCC(CNc2ncnc3nccnc23)C1. The summed E-state index contributed by atoms with van der Waals surface area (Å²) in [7, 11) is 0. The zero-order valence-corrected chi connectivity index (χ0v) is 14.8. The van der Waals surface area contributed by atoms with E-state index in [1.54, 1.807) is 17.3 Å². The highest BCUT2D eigenvalue weighted by Gasteiger charge is 2.27. The first kappa shape index (κ1) is 17.1. The molecule has 0 bridgehead atoms. The molecule has 0 aliphatic carbocycles. The highest BCUT2D eigenvalue weighted by atomic mass is 16.6. The van der Waals surface area contributed by atoms with Crippen molar-refractivity contribution >= 4 is 23.1 Å². The monoisotopic (exact) mass is 364 g/mol. The molecule has 1 aliphatic rings. The molecule has 138 valence electrons. The molecule has 1 unspecified atom stereocenters. The zero-order valence-electron chi connectivity index (χ0n) is 14.8. The third kappa shape index (κ3) is 4.11. The Labute approximate surface area is 156 Å². The van der Waals surface area contributed by atoms with Crippen LogP contribution in [0, 0.1) is 5.92 Å². The van der Waals surface area contributed by atoms with Crippen LogP contribution in [0.3, 0.4) is 0 Å². The average Bonchev–Trinajstić information content (AvgIpc) is 3.20. The van der Waals surface area contributed by atoms with E-state index in [2.05, 4.69) is 25.3 Å². The summed E-state index contributed by atoms with van der Waals surface area (Å²) in [5.74, 6) is 0.995. The highest BCUT2D eigenvalue weighted by Crippen LogP contribution is 2.20. The molecule has 3 heterocycles. The lowest BCUT2D eigenvalue weighted by Gasteiger charge is -2.17. The number of benzene rings is 1. The van der Waals surface area contributed by atoms with Crippen LogP contribution in [0.5, 0.6) is 0 Å². The maximum Gasteiger partial charge on any atom is 0.410 e. The number of hydrogen-bond acceptors (Lipinski definition) is 7. The lowest BCUT2D eigenvalue weighted by molar-refractivity contribution is 0.103. The molecule has 0 radical (unpaired) electrons. The van der Waals surface area contributed by atoms with Crippen LogP contribution < -0.4 is 5.32 Å². The normalized spacial score (nSPS) is 16.4. The molecular formula is C19H20N6O2. The first-order valence-corrected chi connectivity index (χ1v) is 8.91. The van der Waals surface area contributed by atoms with Gasteiger partial charge in [-0.05, 0) is 17.9 Å². The number of anilines is 1. The van der Waals surface area contributed by atoms with Gasteiger partial charge in [0.25, 0.3) is 0 Å². The van der Waals surface area contributed by atoms with Gasteiger partial charge in [-0.3, -0.25) is 0 Å². The predicted octanol–water partition coefficient (Wildman–Crippen LogP) is 2.49. The van der Waals surface area contributed by atoms with Gasteiger partial charge in [0.15, 0.2) is 11.5 Å². The summed E-state index contributed by atoms with van der Waals surface area (Å²) < 4.78 is 5.41. The third-order valence-electron chi connectivity index (χ3n) is 4.58. The molecule has 1 saturated heterocycles. The zero-order chi connectivity index (χ0) is 18.5. The quantitative estimate of drug-likeness (QED) is 0.743. The van der Waals surface area contributed by atoms with Gasteiger partial charge >= 0.3 is 6.09 Å². The van der Waals surface area contributed by atoms with E-state index in [1.165, 1.54) is 6.33 Å². The number of likely N-dealkylation sites (tertiary alicyclic amines) is 1. The van der Waals surface area contributed by atoms with E-state index in [9.17, 15) is 4.79 Å². The summed E-state index contributed by atoms with van der Waals surface area (Å²) in [5, 5.41) is 3.31. The smallest absolute Gasteiger partial charge is 0.410 e. The van der Waals surface area contributed by atoms with E-state index in [0.29, 0.717) is 49.1 Å². The van der Waals surface area contributed by atoms with Crippen molar-refractivity contribution in [1.29, 1.82) is 0 Å². The van der Waals surface area contributed by atoms with Gasteiger partial charge in [0.1, 0.15) is 18.5 Å². The number of nitrogens with one attached hydrogen (secondary N) is 1. The molecule has 1 atom stereocenters. The topological polar surface area (TPSA) is 93.1 Å². The molecule has 1 N–H and O–H groups in total. The van der Waals surface area contributed by atoms with Crippen LogP contribution in [-0.4, -0.2) is 50.6 Å². The van der Waals surface area contributed by atoms with Crippen molar-refractivity contribution < 1.29 is 9.53 Å². The molecule has 1 aromatic carbocycles. The minimum Gasteiger partial charge on any atom is -0.445 e. The minimum absolute atomic E-state index is 0.264. The van der Waals surface area contributed by atoms with E-state index >= 15 is 0 Å². The van der Waals surface area contributed by atoms with Gasteiger partial charge in [0, 0.05) is 32.0 Å². The maximum absolute atomic E-state index is 12.3. The lowest BCUT2D eigenvalue weighted by atomic mass is 10.1. The van der Waals surface area contributed by atoms with Crippen molar-refractivity contribution in [3.05, 3.63) is 54.6 Å². The fourth-order valence-electron chi connectivity index (χ4n) is 3.14. The molecule has 4 rings (SSSR count). The summed E-state index contributed by atoms with van der Waals surface area (Å²) in [6.45, 7) is 2.36. The fourth-order valence-corrected chi connectivity index (χ4v) is 3.14. The van der Waals surface area contributed by atoms with Gasteiger partial charge in [0.05, 0.1) is 0 Å². The molecule has 8 heteroatoms. The number of carbonyl (C=O) groups excluding carboxylic acids is 1. The summed E-state index contributed by atoms with van der Waals surface area (Å²) in [4.78, 5) is 30.8. The largest absolute Gasteiger partial charge is 0.445 e. The highest BCUT2D eigenvalue weighted by molar-refractivity contribution is 5.81. The Morgan fingerprint density at radius 3 is 2.89 bits per heavy atom. The fraction of sp³-hybridized carbons (Fsp3) is 0.316. The van der Waals surface area contributed by atoms with Crippen LogP contribution in [0.25, 0.3) is 11.2 Å². The Morgan fingerprint density at radius 1 is 1.15 bits per heavy atom. The standard InChI is InChI=1S/C19H20N6O2/c26-19(27-12-14-4-2-1-3-5-14)25-9-6-15(11-25)10-22-18-16-17(23-13-24-18)21-8-7-20-16/h1-5,7-8,13,15H,6,9-12H2,(H,21,22,23,24). The van der Waals surface area contributed by atoms with Crippen molar-refractivity contribution in [3.63, 3.8) is 0 Å². The summed E-state index contributed by atoms with van der Waals surface area (Å²) in [6, 6.07) is 9.69. The lowest BCUT2D eigenvalue weighted by Crippen LogP contribution is -2.30. The first-order chi connectivity index (χ1) is 13.3. The van der Waals surface area contributed by atoms with Gasteiger partial charge in [-0.25, -0.2) is 24.7 Å². The van der Waals surface area contributed by atoms with Crippen molar-refractivity contribution in [2.24, 2.45) is 5.92 Å². The summed E-state index contributed by atoms with van der Waals surface area (Å²) in [5.41, 5.74) is 2.20. The third-order valence-corrected chi connectivity index (χ3v) is 4.58. The van der Waals surface area contributed by atoms with E-state index < -0.39 is 0 Å². The van der Waals surface area contributed by atoms with Gasteiger partial charge in [-0.15, -0.1) is 0 Å². The van der Waals surface area contributed by atoms with Crippen LogP contribution in [0.15, 0.2) is 49.1 Å². The summed E-state index contributed by atoms with van der Waals surface area (Å²) in [6.07, 6.45) is 5.36. The second-order valence-corrected chi connectivity index (χ2v) is 6.47. The molecule has 1 amide bonds. The number of hydrogen-bond donors (Lipinski definition) is 1. The average molecular weight is 364 g/mol. The Balaban J connectivity index is 1.28. The molecule has 27 heavy (non-hydrogen) atoms. The van der Waals surface area contributed by atoms with E-state index in [-0.39, 0.29) is 6.09 Å². The maximum atomic E-state index is 12.3. The van der Waals surface area contributed by atoms with Gasteiger partial charge < -0.3 is 15.0 Å². The number of amides is 1. The van der Waals surface area contributed by atoms with E-state index in [0.717, 1.165) is 12.0 Å².